The number of aliphatic hydroxyl groups is 1. The first-order valence-corrected chi connectivity index (χ1v) is 7.11. The number of pyridine rings is 1. The summed E-state index contributed by atoms with van der Waals surface area (Å²) >= 11 is 0. The molecule has 0 aliphatic rings. The number of nitrogens with zero attached hydrogens (tertiary/aromatic N) is 1. The molecule has 0 radical (unpaired) electrons. The molecule has 20 heavy (non-hydrogen) atoms. The van der Waals surface area contributed by atoms with Crippen LogP contribution in [0.4, 0.5) is 0 Å². The molecular weight excluding hydrogens is 246 g/mol. The first-order chi connectivity index (χ1) is 9.45. The van der Waals surface area contributed by atoms with Crippen LogP contribution in [0.2, 0.25) is 0 Å². The number of aromatic nitrogens is 1. The molecule has 2 aromatic rings. The smallest absolute Gasteiger partial charge is 0.0621 e. The normalized spacial score (nSPS) is 13.2. The van der Waals surface area contributed by atoms with E-state index in [4.69, 9.17) is 0 Å². The fourth-order valence-corrected chi connectivity index (χ4v) is 2.28. The maximum Gasteiger partial charge on any atom is 0.0621 e. The van der Waals surface area contributed by atoms with Crippen LogP contribution in [-0.4, -0.2) is 16.2 Å². The predicted molar refractivity (Wildman–Crippen MR) is 82.8 cm³/mol. The number of benzene rings is 1. The lowest BCUT2D eigenvalue weighted by Gasteiger charge is -2.19. The first-order valence-electron chi connectivity index (χ1n) is 7.11. The Morgan fingerprint density at radius 2 is 1.65 bits per heavy atom. The van der Waals surface area contributed by atoms with Crippen LogP contribution in [0.1, 0.15) is 37.5 Å². The fourth-order valence-electron chi connectivity index (χ4n) is 2.28. The van der Waals surface area contributed by atoms with Crippen LogP contribution in [0.25, 0.3) is 0 Å². The molecule has 0 bridgehead atoms. The topological polar surface area (TPSA) is 33.1 Å². The van der Waals surface area contributed by atoms with E-state index in [1.165, 1.54) is 11.1 Å². The monoisotopic (exact) mass is 269 g/mol. The van der Waals surface area contributed by atoms with Gasteiger partial charge in [-0.25, -0.2) is 0 Å². The molecule has 2 nitrogen and oxygen atoms in total. The van der Waals surface area contributed by atoms with Gasteiger partial charge in [0.15, 0.2) is 0 Å². The van der Waals surface area contributed by atoms with Crippen LogP contribution in [0.3, 0.4) is 0 Å². The maximum atomic E-state index is 10.2. The third kappa shape index (κ3) is 4.17. The highest BCUT2D eigenvalue weighted by molar-refractivity contribution is 5.28. The third-order valence-electron chi connectivity index (χ3n) is 3.49. The second-order valence-corrected chi connectivity index (χ2v) is 6.37. The van der Waals surface area contributed by atoms with Gasteiger partial charge in [0.05, 0.1) is 6.10 Å². The largest absolute Gasteiger partial charge is 0.392 e. The third-order valence-corrected chi connectivity index (χ3v) is 3.49. The van der Waals surface area contributed by atoms with Crippen molar-refractivity contribution in [2.45, 2.75) is 45.1 Å². The average molecular weight is 269 g/mol. The minimum absolute atomic E-state index is 0.173. The highest BCUT2D eigenvalue weighted by Crippen LogP contribution is 2.22. The highest BCUT2D eigenvalue weighted by Gasteiger charge is 2.13. The molecule has 1 aromatic carbocycles. The van der Waals surface area contributed by atoms with Crippen LogP contribution in [-0.2, 0) is 18.3 Å². The molecule has 0 fully saturated rings. The van der Waals surface area contributed by atoms with Gasteiger partial charge in [0.25, 0.3) is 0 Å². The van der Waals surface area contributed by atoms with Gasteiger partial charge < -0.3 is 5.11 Å². The SMILES string of the molecule is CC(C)(C)c1ccc(CC(O)Cc2cccnc2)cc1. The van der Waals surface area contributed by atoms with E-state index < -0.39 is 0 Å². The lowest BCUT2D eigenvalue weighted by molar-refractivity contribution is 0.175. The van der Waals surface area contributed by atoms with Gasteiger partial charge in [0.1, 0.15) is 0 Å². The van der Waals surface area contributed by atoms with Gasteiger partial charge in [-0.05, 0) is 34.6 Å². The van der Waals surface area contributed by atoms with E-state index in [0.29, 0.717) is 12.8 Å². The van der Waals surface area contributed by atoms with Crippen molar-refractivity contribution in [2.75, 3.05) is 0 Å². The van der Waals surface area contributed by atoms with E-state index in [1.54, 1.807) is 6.20 Å². The molecule has 2 heteroatoms. The number of rotatable bonds is 4. The minimum atomic E-state index is -0.361. The van der Waals surface area contributed by atoms with Crippen molar-refractivity contribution in [3.05, 3.63) is 65.5 Å². The summed E-state index contributed by atoms with van der Waals surface area (Å²) in [5.41, 5.74) is 3.75. The molecule has 106 valence electrons. The first kappa shape index (κ1) is 14.7. The summed E-state index contributed by atoms with van der Waals surface area (Å²) in [7, 11) is 0. The van der Waals surface area contributed by atoms with Crippen molar-refractivity contribution in [3.63, 3.8) is 0 Å². The van der Waals surface area contributed by atoms with Crippen LogP contribution in [0.15, 0.2) is 48.8 Å². The second-order valence-electron chi connectivity index (χ2n) is 6.37. The van der Waals surface area contributed by atoms with Gasteiger partial charge in [-0.3, -0.25) is 4.98 Å². The summed E-state index contributed by atoms with van der Waals surface area (Å²) < 4.78 is 0. The number of hydrogen-bond acceptors (Lipinski definition) is 2. The van der Waals surface area contributed by atoms with Gasteiger partial charge >= 0.3 is 0 Å². The summed E-state index contributed by atoms with van der Waals surface area (Å²) in [5, 5.41) is 10.2. The Balaban J connectivity index is 1.96. The van der Waals surface area contributed by atoms with Gasteiger partial charge in [-0.1, -0.05) is 51.1 Å². The molecule has 0 aliphatic carbocycles. The predicted octanol–water partition coefficient (Wildman–Crippen LogP) is 3.53. The lowest BCUT2D eigenvalue weighted by atomic mass is 9.86. The summed E-state index contributed by atoms with van der Waals surface area (Å²) in [6, 6.07) is 12.5. The zero-order valence-electron chi connectivity index (χ0n) is 12.5. The van der Waals surface area contributed by atoms with Crippen molar-refractivity contribution in [1.82, 2.24) is 4.98 Å². The Hall–Kier alpha value is -1.67. The minimum Gasteiger partial charge on any atom is -0.392 e. The average Bonchev–Trinajstić information content (AvgIpc) is 2.39. The molecule has 0 saturated heterocycles. The van der Waals surface area contributed by atoms with Crippen LogP contribution in [0, 0.1) is 0 Å². The van der Waals surface area contributed by atoms with Crippen molar-refractivity contribution in [3.8, 4) is 0 Å². The van der Waals surface area contributed by atoms with Gasteiger partial charge in [0.2, 0.25) is 0 Å². The maximum absolute atomic E-state index is 10.2. The molecule has 1 unspecified atom stereocenters. The zero-order valence-corrected chi connectivity index (χ0v) is 12.5. The van der Waals surface area contributed by atoms with Crippen molar-refractivity contribution < 1.29 is 5.11 Å². The molecule has 1 heterocycles. The highest BCUT2D eigenvalue weighted by atomic mass is 16.3. The van der Waals surface area contributed by atoms with Crippen LogP contribution < -0.4 is 0 Å². The van der Waals surface area contributed by atoms with E-state index >= 15 is 0 Å². The Morgan fingerprint density at radius 1 is 1.00 bits per heavy atom. The number of aliphatic hydroxyl groups excluding tert-OH is 1. The fraction of sp³-hybridized carbons (Fsp3) is 0.389. The Morgan fingerprint density at radius 3 is 2.20 bits per heavy atom. The van der Waals surface area contributed by atoms with Crippen LogP contribution >= 0.6 is 0 Å². The van der Waals surface area contributed by atoms with E-state index in [2.05, 4.69) is 50.0 Å². The van der Waals surface area contributed by atoms with Crippen molar-refractivity contribution in [1.29, 1.82) is 0 Å². The quantitative estimate of drug-likeness (QED) is 0.921. The summed E-state index contributed by atoms with van der Waals surface area (Å²) in [6.07, 6.45) is 4.53. The van der Waals surface area contributed by atoms with E-state index in [0.717, 1.165) is 5.56 Å². The Kier molecular flexibility index (Phi) is 4.56. The molecule has 0 aliphatic heterocycles. The standard InChI is InChI=1S/C18H23NO/c1-18(2,3)16-8-6-14(7-9-16)11-17(20)12-15-5-4-10-19-13-15/h4-10,13,17,20H,11-12H2,1-3H3. The molecule has 0 amide bonds. The Labute approximate surface area is 121 Å². The molecule has 2 rings (SSSR count). The molecule has 0 spiro atoms. The van der Waals surface area contributed by atoms with E-state index in [-0.39, 0.29) is 11.5 Å². The molecule has 1 N–H and O–H groups in total. The van der Waals surface area contributed by atoms with Gasteiger partial charge in [-0.2, -0.15) is 0 Å². The number of hydrogen-bond donors (Lipinski definition) is 1. The van der Waals surface area contributed by atoms with Crippen molar-refractivity contribution >= 4 is 0 Å². The summed E-state index contributed by atoms with van der Waals surface area (Å²) in [6.45, 7) is 6.62. The van der Waals surface area contributed by atoms with Gasteiger partial charge in [0, 0.05) is 18.8 Å². The summed E-state index contributed by atoms with van der Waals surface area (Å²) in [5.74, 6) is 0. The molecular formula is C18H23NO. The van der Waals surface area contributed by atoms with Crippen LogP contribution in [0.5, 0.6) is 0 Å². The summed E-state index contributed by atoms with van der Waals surface area (Å²) in [4.78, 5) is 4.07. The van der Waals surface area contributed by atoms with Gasteiger partial charge in [-0.15, -0.1) is 0 Å². The second kappa shape index (κ2) is 6.19. The Bertz CT molecular complexity index is 526. The lowest BCUT2D eigenvalue weighted by Crippen LogP contribution is -2.15. The molecule has 1 atom stereocenters. The van der Waals surface area contributed by atoms with E-state index in [9.17, 15) is 5.11 Å². The van der Waals surface area contributed by atoms with E-state index in [1.807, 2.05) is 18.3 Å². The molecule has 1 aromatic heterocycles. The van der Waals surface area contributed by atoms with Crippen molar-refractivity contribution in [2.24, 2.45) is 0 Å². The zero-order chi connectivity index (χ0) is 14.6. The molecule has 0 saturated carbocycles.